The molecule has 40 heavy (non-hydrogen) atoms. The molecule has 0 aliphatic heterocycles. The minimum atomic E-state index is -0.924. The van der Waals surface area contributed by atoms with E-state index in [1.54, 1.807) is 7.11 Å². The maximum atomic E-state index is 12.4. The van der Waals surface area contributed by atoms with Crippen molar-refractivity contribution in [3.8, 4) is 17.2 Å². The van der Waals surface area contributed by atoms with Gasteiger partial charge in [-0.05, 0) is 30.3 Å². The minimum Gasteiger partial charge on any atom is -0.493 e. The summed E-state index contributed by atoms with van der Waals surface area (Å²) >= 11 is 0. The summed E-state index contributed by atoms with van der Waals surface area (Å²) in [5, 5.41) is 14.5. The number of hydrogen-bond donors (Lipinski definition) is 2. The Morgan fingerprint density at radius 1 is 0.925 bits per heavy atom. The molecule has 0 bridgehead atoms. The van der Waals surface area contributed by atoms with Gasteiger partial charge in [0.25, 0.3) is 5.09 Å². The summed E-state index contributed by atoms with van der Waals surface area (Å²) in [6.45, 7) is 0.402. The first-order valence-electron chi connectivity index (χ1n) is 12.7. The van der Waals surface area contributed by atoms with Gasteiger partial charge in [0.1, 0.15) is 38.3 Å². The molecular weight excluding hydrogens is 522 g/mol. The van der Waals surface area contributed by atoms with Gasteiger partial charge < -0.3 is 38.8 Å². The highest BCUT2D eigenvalue weighted by atomic mass is 17.0. The van der Waals surface area contributed by atoms with Gasteiger partial charge >= 0.3 is 5.97 Å². The number of esters is 1. The average Bonchev–Trinajstić information content (AvgIpc) is 3.35. The van der Waals surface area contributed by atoms with Crippen LogP contribution in [0.1, 0.15) is 0 Å². The van der Waals surface area contributed by atoms with Gasteiger partial charge in [0.2, 0.25) is 0 Å². The number of aromatic nitrogens is 1. The van der Waals surface area contributed by atoms with Crippen LogP contribution in [0.3, 0.4) is 0 Å². The number of rotatable bonds is 17. The highest BCUT2D eigenvalue weighted by Gasteiger charge is 2.18. The Bertz CT molecular complexity index is 1410. The maximum Gasteiger partial charge on any atom is 0.332 e. The van der Waals surface area contributed by atoms with Crippen molar-refractivity contribution in [1.82, 2.24) is 10.3 Å². The van der Waals surface area contributed by atoms with E-state index in [-0.39, 0.29) is 33.0 Å². The van der Waals surface area contributed by atoms with Crippen LogP contribution < -0.4 is 19.5 Å². The first kappa shape index (κ1) is 28.5. The summed E-state index contributed by atoms with van der Waals surface area (Å²) < 4.78 is 27.9. The summed E-state index contributed by atoms with van der Waals surface area (Å²) in [5.74, 6) is 1.29. The molecule has 0 amide bonds. The molecule has 2 N–H and O–H groups in total. The fraction of sp³-hybridized carbons (Fsp3) is 0.321. The van der Waals surface area contributed by atoms with Crippen molar-refractivity contribution >= 4 is 27.8 Å². The van der Waals surface area contributed by atoms with E-state index < -0.39 is 17.2 Å². The zero-order chi connectivity index (χ0) is 28.2. The fourth-order valence-electron chi connectivity index (χ4n) is 4.09. The van der Waals surface area contributed by atoms with E-state index in [2.05, 4.69) is 15.1 Å². The smallest absolute Gasteiger partial charge is 0.332 e. The van der Waals surface area contributed by atoms with Crippen molar-refractivity contribution in [1.29, 1.82) is 0 Å². The molecule has 12 nitrogen and oxygen atoms in total. The molecule has 1 unspecified atom stereocenters. The Labute approximate surface area is 230 Å². The number of nitrogens with one attached hydrogen (secondary N) is 2. The Morgan fingerprint density at radius 2 is 1.68 bits per heavy atom. The summed E-state index contributed by atoms with van der Waals surface area (Å²) in [5.41, 5.74) is 1.93. The van der Waals surface area contributed by atoms with Gasteiger partial charge in [0.15, 0.2) is 11.5 Å². The van der Waals surface area contributed by atoms with Gasteiger partial charge in [0, 0.05) is 29.4 Å². The van der Waals surface area contributed by atoms with Crippen molar-refractivity contribution in [3.63, 3.8) is 0 Å². The third kappa shape index (κ3) is 7.98. The van der Waals surface area contributed by atoms with Gasteiger partial charge in [0.05, 0.1) is 19.2 Å². The number of H-pyrrole nitrogens is 1. The molecule has 4 rings (SSSR count). The highest BCUT2D eigenvalue weighted by molar-refractivity contribution is 6.10. The number of benzene rings is 3. The monoisotopic (exact) mass is 553 g/mol. The van der Waals surface area contributed by atoms with E-state index in [9.17, 15) is 14.9 Å². The Kier molecular flexibility index (Phi) is 10.4. The lowest BCUT2D eigenvalue weighted by Gasteiger charge is -2.20. The second-order valence-electron chi connectivity index (χ2n) is 8.59. The standard InChI is InChI=1S/C28H31N3O9/c1-35-24-10-4-5-11-25(24)37-14-13-29-17-20(40-27(32)19-36-15-16-39-31(33)34)18-38-26-12-6-9-23-28(26)21-7-2-3-8-22(21)30-23/h2-12,20,29-30H,13-19H2,1H3. The fourth-order valence-corrected chi connectivity index (χ4v) is 4.09. The van der Waals surface area contributed by atoms with Crippen LogP contribution >= 0.6 is 0 Å². The first-order valence-corrected chi connectivity index (χ1v) is 12.7. The molecule has 0 radical (unpaired) electrons. The molecule has 4 aromatic rings. The van der Waals surface area contributed by atoms with Crippen molar-refractivity contribution < 1.29 is 38.4 Å². The average molecular weight is 554 g/mol. The molecule has 0 saturated heterocycles. The van der Waals surface area contributed by atoms with Gasteiger partial charge in [-0.1, -0.05) is 36.4 Å². The molecule has 1 aromatic heterocycles. The second-order valence-corrected chi connectivity index (χ2v) is 8.59. The summed E-state index contributed by atoms with van der Waals surface area (Å²) in [6.07, 6.45) is -0.655. The molecule has 3 aromatic carbocycles. The normalized spacial score (nSPS) is 11.7. The van der Waals surface area contributed by atoms with Crippen LogP contribution in [0.4, 0.5) is 0 Å². The number of nitrogens with zero attached hydrogens (tertiary/aromatic N) is 1. The quantitative estimate of drug-likeness (QED) is 0.0863. The zero-order valence-corrected chi connectivity index (χ0v) is 22.0. The molecule has 1 heterocycles. The third-order valence-electron chi connectivity index (χ3n) is 5.84. The molecule has 1 atom stereocenters. The van der Waals surface area contributed by atoms with Crippen molar-refractivity contribution in [2.24, 2.45) is 0 Å². The number of para-hydroxylation sites is 3. The number of hydrogen-bond acceptors (Lipinski definition) is 10. The first-order chi connectivity index (χ1) is 19.5. The van der Waals surface area contributed by atoms with Gasteiger partial charge in [-0.2, -0.15) is 0 Å². The molecule has 0 spiro atoms. The lowest BCUT2D eigenvalue weighted by atomic mass is 10.1. The van der Waals surface area contributed by atoms with Crippen molar-refractivity contribution in [3.05, 3.63) is 76.8 Å². The molecule has 12 heteroatoms. The van der Waals surface area contributed by atoms with E-state index in [1.165, 1.54) is 0 Å². The van der Waals surface area contributed by atoms with Crippen LogP contribution in [0.2, 0.25) is 0 Å². The molecule has 0 saturated carbocycles. The highest BCUT2D eigenvalue weighted by Crippen LogP contribution is 2.33. The van der Waals surface area contributed by atoms with Crippen LogP contribution in [0.5, 0.6) is 17.2 Å². The number of fused-ring (bicyclic) bond motifs is 3. The van der Waals surface area contributed by atoms with Crippen LogP contribution in [0, 0.1) is 10.1 Å². The van der Waals surface area contributed by atoms with E-state index in [1.807, 2.05) is 66.7 Å². The van der Waals surface area contributed by atoms with Crippen LogP contribution in [0.15, 0.2) is 66.7 Å². The van der Waals surface area contributed by atoms with Crippen LogP contribution in [-0.2, 0) is 19.1 Å². The largest absolute Gasteiger partial charge is 0.493 e. The van der Waals surface area contributed by atoms with Gasteiger partial charge in [-0.15, -0.1) is 10.1 Å². The Morgan fingerprint density at radius 3 is 2.50 bits per heavy atom. The Hall–Kier alpha value is -4.55. The molecule has 0 aliphatic carbocycles. The SMILES string of the molecule is COc1ccccc1OCCNCC(COc1cccc2[nH]c3ccccc3c12)OC(=O)COCCO[N+](=O)[O-]. The van der Waals surface area contributed by atoms with E-state index >= 15 is 0 Å². The molecular formula is C28H31N3O9. The molecule has 0 fully saturated rings. The van der Waals surface area contributed by atoms with E-state index in [0.717, 1.165) is 21.8 Å². The van der Waals surface area contributed by atoms with E-state index in [4.69, 9.17) is 23.7 Å². The predicted octanol–water partition coefficient (Wildman–Crippen LogP) is 3.51. The number of carbonyl (C=O) groups is 1. The van der Waals surface area contributed by atoms with Crippen LogP contribution in [-0.4, -0.2) is 75.4 Å². The van der Waals surface area contributed by atoms with Crippen molar-refractivity contribution in [2.75, 3.05) is 53.2 Å². The summed E-state index contributed by atoms with van der Waals surface area (Å²) in [7, 11) is 1.58. The molecule has 212 valence electrons. The van der Waals surface area contributed by atoms with Gasteiger partial charge in [-0.3, -0.25) is 0 Å². The van der Waals surface area contributed by atoms with Gasteiger partial charge in [-0.25, -0.2) is 4.79 Å². The number of aromatic amines is 1. The van der Waals surface area contributed by atoms with Crippen LogP contribution in [0.25, 0.3) is 21.8 Å². The topological polar surface area (TPSA) is 143 Å². The predicted molar refractivity (Wildman–Crippen MR) is 146 cm³/mol. The number of carbonyl (C=O) groups excluding carboxylic acids is 1. The second kappa shape index (κ2) is 14.6. The zero-order valence-electron chi connectivity index (χ0n) is 22.0. The number of methoxy groups -OCH3 is 1. The molecule has 0 aliphatic rings. The summed E-state index contributed by atoms with van der Waals surface area (Å²) in [4.78, 5) is 30.2. The summed E-state index contributed by atoms with van der Waals surface area (Å²) in [6, 6.07) is 21.0. The Balaban J connectivity index is 1.34. The lowest BCUT2D eigenvalue weighted by molar-refractivity contribution is -0.758. The lowest BCUT2D eigenvalue weighted by Crippen LogP contribution is -2.38. The van der Waals surface area contributed by atoms with Crippen molar-refractivity contribution in [2.45, 2.75) is 6.10 Å². The minimum absolute atomic E-state index is 0.0785. The number of ether oxygens (including phenoxy) is 5. The third-order valence-corrected chi connectivity index (χ3v) is 5.84. The maximum absolute atomic E-state index is 12.4. The van der Waals surface area contributed by atoms with E-state index in [0.29, 0.717) is 30.4 Å².